The Balaban J connectivity index is -0.0000000945. The maximum atomic E-state index is 10.9. The first kappa shape index (κ1) is 49.2. The van der Waals surface area contributed by atoms with Crippen LogP contribution < -0.4 is 113 Å². The molecule has 2 heterocycles. The monoisotopic (exact) mass is 659 g/mol. The van der Waals surface area contributed by atoms with Crippen LogP contribution in [0.15, 0.2) is 0 Å². The number of nitrogens with one attached hydrogen (secondary N) is 1. The Hall–Kier alpha value is 1.53. The van der Waals surface area contributed by atoms with Crippen LogP contribution >= 0.6 is 15.9 Å². The molecular formula is C25H48BrK2N3O7. The summed E-state index contributed by atoms with van der Waals surface area (Å²) in [5, 5.41) is 20.0. The van der Waals surface area contributed by atoms with Crippen molar-refractivity contribution in [2.75, 3.05) is 52.3 Å². The summed E-state index contributed by atoms with van der Waals surface area (Å²) in [5.41, 5.74) is 0. The molecule has 214 valence electrons. The number of hydrogen-bond donors (Lipinski definition) is 1. The van der Waals surface area contributed by atoms with Gasteiger partial charge in [-0.05, 0) is 71.2 Å². The standard InChI is InChI=1S/C11H21NO2.C6H13N.C5H9BrO2.C2H3N.CH2O3.2K.H/c1-14-11(13)7-6-10-12-8-4-2-3-5-9-12;1-2-4-6-7-5-3-1;1-8-5(7)3-2-4-6;1-2-3;2-1-4-3;;;/h2-10H2,1H3;7H,1-6H2;2-4H2,1H3;1H3;1,3H;;;/q;;;;;2*+1;-1/p-1. The third-order valence-electron chi connectivity index (χ3n) is 5.02. The van der Waals surface area contributed by atoms with E-state index in [1.807, 2.05) is 0 Å². The number of nitrogens with zero attached hydrogens (tertiary/aromatic N) is 2. The van der Waals surface area contributed by atoms with Crippen molar-refractivity contribution in [1.29, 1.82) is 5.26 Å². The van der Waals surface area contributed by atoms with Gasteiger partial charge >= 0.3 is 115 Å². The fourth-order valence-corrected chi connectivity index (χ4v) is 3.48. The Morgan fingerprint density at radius 3 is 1.71 bits per heavy atom. The van der Waals surface area contributed by atoms with Crippen LogP contribution in [0.25, 0.3) is 0 Å². The number of methoxy groups -OCH3 is 2. The first-order chi connectivity index (χ1) is 17.5. The summed E-state index contributed by atoms with van der Waals surface area (Å²) in [6.45, 7) is 7.22. The number of rotatable bonds is 8. The molecule has 0 saturated carbocycles. The molecule has 0 bridgehead atoms. The third kappa shape index (κ3) is 47.3. The van der Waals surface area contributed by atoms with Gasteiger partial charge in [-0.1, -0.05) is 41.6 Å². The van der Waals surface area contributed by atoms with Crippen molar-refractivity contribution in [2.24, 2.45) is 0 Å². The number of halogens is 1. The molecule has 2 rings (SSSR count). The quantitative estimate of drug-likeness (QED) is 0.0736. The molecule has 0 aromatic carbocycles. The van der Waals surface area contributed by atoms with Gasteiger partial charge in [-0.2, -0.15) is 5.26 Å². The Labute approximate surface area is 325 Å². The predicted molar refractivity (Wildman–Crippen MR) is 142 cm³/mol. The van der Waals surface area contributed by atoms with Crippen LogP contribution in [0.3, 0.4) is 0 Å². The van der Waals surface area contributed by atoms with Gasteiger partial charge < -0.3 is 31.3 Å². The van der Waals surface area contributed by atoms with E-state index < -0.39 is 0 Å². The molecule has 38 heavy (non-hydrogen) atoms. The largest absolute Gasteiger partial charge is 1.00 e. The van der Waals surface area contributed by atoms with E-state index in [2.05, 4.69) is 40.5 Å². The smallest absolute Gasteiger partial charge is 1.00 e. The van der Waals surface area contributed by atoms with E-state index in [1.54, 1.807) is 6.07 Å². The van der Waals surface area contributed by atoms with E-state index in [0.29, 0.717) is 12.8 Å². The molecule has 2 aliphatic rings. The van der Waals surface area contributed by atoms with Crippen molar-refractivity contribution in [3.63, 3.8) is 0 Å². The van der Waals surface area contributed by atoms with Crippen molar-refractivity contribution in [1.82, 2.24) is 10.2 Å². The molecule has 0 aromatic heterocycles. The van der Waals surface area contributed by atoms with E-state index in [4.69, 9.17) is 15.3 Å². The van der Waals surface area contributed by atoms with Crippen LogP contribution in [0.5, 0.6) is 0 Å². The molecule has 2 fully saturated rings. The van der Waals surface area contributed by atoms with Gasteiger partial charge in [0.25, 0.3) is 6.47 Å². The van der Waals surface area contributed by atoms with Crippen molar-refractivity contribution in [2.45, 2.75) is 84.0 Å². The summed E-state index contributed by atoms with van der Waals surface area (Å²) in [6.07, 6.45) is 13.9. The second-order valence-electron chi connectivity index (χ2n) is 7.88. The zero-order chi connectivity index (χ0) is 27.7. The van der Waals surface area contributed by atoms with Crippen LogP contribution in [0.1, 0.15) is 85.4 Å². The summed E-state index contributed by atoms with van der Waals surface area (Å²) < 4.78 is 9.00. The topological polar surface area (TPSA) is 141 Å². The zero-order valence-electron chi connectivity index (χ0n) is 25.4. The molecule has 2 saturated heterocycles. The Kier molecular flexibility index (Phi) is 59.0. The van der Waals surface area contributed by atoms with Gasteiger partial charge in [0.15, 0.2) is 0 Å². The van der Waals surface area contributed by atoms with E-state index in [-0.39, 0.29) is 123 Å². The summed E-state index contributed by atoms with van der Waals surface area (Å²) in [5.74, 6) is -0.218. The van der Waals surface area contributed by atoms with E-state index in [0.717, 1.165) is 24.7 Å². The average molecular weight is 661 g/mol. The minimum absolute atomic E-state index is 0. The number of ether oxygens (including phenoxy) is 2. The maximum Gasteiger partial charge on any atom is 1.00 e. The summed E-state index contributed by atoms with van der Waals surface area (Å²) >= 11 is 3.20. The van der Waals surface area contributed by atoms with E-state index >= 15 is 0 Å². The molecule has 0 aromatic rings. The average Bonchev–Trinajstić information content (AvgIpc) is 3.36. The number of esters is 2. The number of carbonyl (C=O) groups excluding carboxylic acids is 3. The molecular weight excluding hydrogens is 612 g/mol. The molecule has 2 aliphatic heterocycles. The second-order valence-corrected chi connectivity index (χ2v) is 8.68. The number of nitriles is 1. The fraction of sp³-hybridized carbons (Fsp3) is 0.840. The van der Waals surface area contributed by atoms with Gasteiger partial charge in [0, 0.05) is 25.1 Å². The SMILES string of the molecule is C1CCCNCC1.CC#N.COC(=O)CCCBr.COC(=O)CCCN1CCCCCC1.O=CO[O-].[H-].[K+].[K+]. The Bertz CT molecular complexity index is 525. The molecule has 13 heteroatoms. The first-order valence-corrected chi connectivity index (χ1v) is 13.7. The minimum Gasteiger partial charge on any atom is -1.00 e. The van der Waals surface area contributed by atoms with Gasteiger partial charge in [0.2, 0.25) is 0 Å². The Morgan fingerprint density at radius 1 is 0.947 bits per heavy atom. The maximum absolute atomic E-state index is 10.9. The fourth-order valence-electron chi connectivity index (χ4n) is 3.20. The van der Waals surface area contributed by atoms with E-state index in [9.17, 15) is 9.59 Å². The molecule has 0 atom stereocenters. The van der Waals surface area contributed by atoms with Crippen LogP contribution in [0.4, 0.5) is 0 Å². The molecule has 1 N–H and O–H groups in total. The summed E-state index contributed by atoms with van der Waals surface area (Å²) in [7, 11) is 2.85. The zero-order valence-corrected chi connectivity index (χ0v) is 32.3. The molecule has 10 nitrogen and oxygen atoms in total. The van der Waals surface area contributed by atoms with Crippen molar-refractivity contribution < 1.29 is 138 Å². The van der Waals surface area contributed by atoms with Crippen molar-refractivity contribution in [3.05, 3.63) is 0 Å². The summed E-state index contributed by atoms with van der Waals surface area (Å²) in [4.78, 5) is 34.9. The molecule has 0 aliphatic carbocycles. The molecule has 0 unspecified atom stereocenters. The minimum atomic E-state index is -0.181. The second kappa shape index (κ2) is 45.5. The van der Waals surface area contributed by atoms with Gasteiger partial charge in [0.05, 0.1) is 20.3 Å². The van der Waals surface area contributed by atoms with Crippen molar-refractivity contribution in [3.8, 4) is 6.07 Å². The van der Waals surface area contributed by atoms with Crippen LogP contribution in [-0.4, -0.2) is 75.6 Å². The van der Waals surface area contributed by atoms with E-state index in [1.165, 1.54) is 98.7 Å². The normalized spacial score (nSPS) is 14.0. The van der Waals surface area contributed by atoms with Crippen LogP contribution in [0.2, 0.25) is 0 Å². The van der Waals surface area contributed by atoms with Gasteiger partial charge in [0.1, 0.15) is 0 Å². The number of alkyl halides is 1. The predicted octanol–water partition coefficient (Wildman–Crippen LogP) is -2.61. The number of hydrogen-bond acceptors (Lipinski definition) is 10. The number of likely N-dealkylation sites (tertiary alicyclic amines) is 1. The first-order valence-electron chi connectivity index (χ1n) is 12.6. The van der Waals surface area contributed by atoms with Gasteiger partial charge in [-0.25, -0.2) is 0 Å². The Morgan fingerprint density at radius 2 is 1.34 bits per heavy atom. The molecule has 0 spiro atoms. The van der Waals surface area contributed by atoms with Crippen molar-refractivity contribution >= 4 is 34.3 Å². The summed E-state index contributed by atoms with van der Waals surface area (Å²) in [6, 6.07) is 1.75. The molecule has 0 amide bonds. The van der Waals surface area contributed by atoms with Crippen LogP contribution in [0, 0.1) is 11.3 Å². The van der Waals surface area contributed by atoms with Gasteiger partial charge in [-0.3, -0.25) is 14.4 Å². The van der Waals surface area contributed by atoms with Crippen LogP contribution in [-0.2, 0) is 28.7 Å². The third-order valence-corrected chi connectivity index (χ3v) is 5.58. The van der Waals surface area contributed by atoms with Gasteiger partial charge in [-0.15, -0.1) is 0 Å². The molecule has 0 radical (unpaired) electrons. The number of carbonyl (C=O) groups is 3.